The number of carbonyl (C=O) groups is 1. The Morgan fingerprint density at radius 3 is 2.75 bits per heavy atom. The van der Waals surface area contributed by atoms with Crippen LogP contribution in [0.15, 0.2) is 17.2 Å². The molecule has 0 bridgehead atoms. The van der Waals surface area contributed by atoms with Crippen molar-refractivity contribution in [2.24, 2.45) is 0 Å². The Bertz CT molecular complexity index is 587. The van der Waals surface area contributed by atoms with Crippen LogP contribution in [-0.4, -0.2) is 41.7 Å². The Kier molecular flexibility index (Phi) is 4.46. The molecule has 112 valence electrons. The normalized spacial score (nSPS) is 17.2. The molecule has 1 N–H and O–H groups in total. The summed E-state index contributed by atoms with van der Waals surface area (Å²) < 4.78 is 27.1. The highest BCUT2D eigenvalue weighted by Crippen LogP contribution is 2.22. The van der Waals surface area contributed by atoms with Gasteiger partial charge in [0.05, 0.1) is 6.61 Å². The van der Waals surface area contributed by atoms with Crippen molar-refractivity contribution in [3.05, 3.63) is 18.0 Å². The minimum absolute atomic E-state index is 0.0255. The first kappa shape index (κ1) is 15.0. The number of nitrogens with zero attached hydrogens (tertiary/aromatic N) is 2. The van der Waals surface area contributed by atoms with Gasteiger partial charge in [0.25, 0.3) is 10.0 Å². The fourth-order valence-electron chi connectivity index (χ4n) is 2.11. The van der Waals surface area contributed by atoms with E-state index in [0.717, 1.165) is 17.3 Å². The van der Waals surface area contributed by atoms with Crippen LogP contribution in [0.3, 0.4) is 0 Å². The maximum absolute atomic E-state index is 12.4. The van der Waals surface area contributed by atoms with Gasteiger partial charge in [0.1, 0.15) is 10.6 Å². The number of hydroxylamine groups is 1. The van der Waals surface area contributed by atoms with Crippen molar-refractivity contribution in [1.82, 2.24) is 9.04 Å². The Labute approximate surface area is 117 Å². The average Bonchev–Trinajstić information content (AvgIpc) is 2.85. The Balaban J connectivity index is 2.36. The third-order valence-corrected chi connectivity index (χ3v) is 4.73. The second-order valence-electron chi connectivity index (χ2n) is 4.63. The second-order valence-corrected chi connectivity index (χ2v) is 6.46. The summed E-state index contributed by atoms with van der Waals surface area (Å²) in [5, 5.41) is 9.12. The summed E-state index contributed by atoms with van der Waals surface area (Å²) in [7, 11) is -3.79. The molecule has 0 unspecified atom stereocenters. The minimum atomic E-state index is -3.79. The summed E-state index contributed by atoms with van der Waals surface area (Å²) in [5.41, 5.74) is -0.0255. The van der Waals surface area contributed by atoms with E-state index in [1.165, 1.54) is 16.8 Å². The van der Waals surface area contributed by atoms with Crippen LogP contribution in [0.2, 0.25) is 0 Å². The molecule has 0 aliphatic carbocycles. The predicted octanol–water partition coefficient (Wildman–Crippen LogP) is 1.31. The van der Waals surface area contributed by atoms with Crippen LogP contribution >= 0.6 is 0 Å². The van der Waals surface area contributed by atoms with E-state index in [-0.39, 0.29) is 10.6 Å². The van der Waals surface area contributed by atoms with E-state index in [0.29, 0.717) is 26.1 Å². The standard InChI is InChI=1S/C12H18N2O5S/c1-2-5-13-9-10(8-11(13)12(15)16)20(17,18)14-6-3-4-7-19-14/h8-9H,2-7H2,1H3,(H,15,16). The predicted molar refractivity (Wildman–Crippen MR) is 70.8 cm³/mol. The number of carboxylic acid groups (broad SMARTS) is 1. The van der Waals surface area contributed by atoms with E-state index in [4.69, 9.17) is 9.94 Å². The van der Waals surface area contributed by atoms with Gasteiger partial charge in [0.2, 0.25) is 0 Å². The Morgan fingerprint density at radius 2 is 2.20 bits per heavy atom. The zero-order valence-electron chi connectivity index (χ0n) is 11.3. The van der Waals surface area contributed by atoms with Gasteiger partial charge in [-0.05, 0) is 25.3 Å². The molecule has 0 saturated carbocycles. The van der Waals surface area contributed by atoms with Crippen molar-refractivity contribution < 1.29 is 23.2 Å². The van der Waals surface area contributed by atoms with Crippen molar-refractivity contribution in [3.8, 4) is 0 Å². The highest BCUT2D eigenvalue weighted by molar-refractivity contribution is 7.89. The molecule has 1 saturated heterocycles. The molecule has 0 aromatic carbocycles. The highest BCUT2D eigenvalue weighted by atomic mass is 32.2. The van der Waals surface area contributed by atoms with Crippen molar-refractivity contribution >= 4 is 16.0 Å². The zero-order valence-corrected chi connectivity index (χ0v) is 12.1. The van der Waals surface area contributed by atoms with Crippen molar-refractivity contribution in [2.75, 3.05) is 13.2 Å². The van der Waals surface area contributed by atoms with Crippen molar-refractivity contribution in [2.45, 2.75) is 37.6 Å². The maximum atomic E-state index is 12.4. The van der Waals surface area contributed by atoms with Gasteiger partial charge in [0.15, 0.2) is 0 Å². The highest BCUT2D eigenvalue weighted by Gasteiger charge is 2.30. The number of aromatic carboxylic acids is 1. The molecule has 1 aliphatic heterocycles. The molecule has 20 heavy (non-hydrogen) atoms. The van der Waals surface area contributed by atoms with Crippen LogP contribution in [0.4, 0.5) is 0 Å². The van der Waals surface area contributed by atoms with Crippen LogP contribution in [-0.2, 0) is 21.4 Å². The summed E-state index contributed by atoms with van der Waals surface area (Å²) in [6, 6.07) is 1.19. The monoisotopic (exact) mass is 302 g/mol. The van der Waals surface area contributed by atoms with Crippen LogP contribution in [0.1, 0.15) is 36.7 Å². The topological polar surface area (TPSA) is 88.8 Å². The van der Waals surface area contributed by atoms with Gasteiger partial charge in [-0.25, -0.2) is 13.2 Å². The number of sulfonamides is 1. The Morgan fingerprint density at radius 1 is 1.45 bits per heavy atom. The minimum Gasteiger partial charge on any atom is -0.477 e. The van der Waals surface area contributed by atoms with Gasteiger partial charge < -0.3 is 9.67 Å². The summed E-state index contributed by atoms with van der Waals surface area (Å²) in [5.74, 6) is -1.14. The molecule has 0 spiro atoms. The van der Waals surface area contributed by atoms with Crippen LogP contribution in [0, 0.1) is 0 Å². The van der Waals surface area contributed by atoms with Crippen LogP contribution in [0.5, 0.6) is 0 Å². The van der Waals surface area contributed by atoms with E-state index in [1.54, 1.807) is 0 Å². The van der Waals surface area contributed by atoms with Gasteiger partial charge in [-0.2, -0.15) is 0 Å². The van der Waals surface area contributed by atoms with E-state index in [9.17, 15) is 13.2 Å². The summed E-state index contributed by atoms with van der Waals surface area (Å²) >= 11 is 0. The molecule has 1 aromatic rings. The smallest absolute Gasteiger partial charge is 0.352 e. The Hall–Kier alpha value is -1.38. The lowest BCUT2D eigenvalue weighted by atomic mass is 10.3. The number of hydrogen-bond acceptors (Lipinski definition) is 4. The van der Waals surface area contributed by atoms with E-state index in [1.807, 2.05) is 6.92 Å². The van der Waals surface area contributed by atoms with Crippen LogP contribution in [0.25, 0.3) is 0 Å². The third-order valence-electron chi connectivity index (χ3n) is 3.09. The second kappa shape index (κ2) is 5.94. The van der Waals surface area contributed by atoms with E-state index < -0.39 is 16.0 Å². The molecule has 0 amide bonds. The molecule has 7 nitrogen and oxygen atoms in total. The first-order valence-electron chi connectivity index (χ1n) is 6.56. The fourth-order valence-corrected chi connectivity index (χ4v) is 3.45. The van der Waals surface area contributed by atoms with E-state index in [2.05, 4.69) is 0 Å². The molecule has 1 fully saturated rings. The molecule has 0 atom stereocenters. The zero-order chi connectivity index (χ0) is 14.8. The average molecular weight is 302 g/mol. The number of hydrogen-bond donors (Lipinski definition) is 1. The number of aryl methyl sites for hydroxylation is 1. The third kappa shape index (κ3) is 2.87. The lowest BCUT2D eigenvalue weighted by Gasteiger charge is -2.24. The summed E-state index contributed by atoms with van der Waals surface area (Å²) in [6.45, 7) is 3.01. The lowest BCUT2D eigenvalue weighted by molar-refractivity contribution is -0.108. The lowest BCUT2D eigenvalue weighted by Crippen LogP contribution is -2.35. The number of carboxylic acids is 1. The maximum Gasteiger partial charge on any atom is 0.352 e. The van der Waals surface area contributed by atoms with Gasteiger partial charge in [-0.1, -0.05) is 11.4 Å². The molecular weight excluding hydrogens is 284 g/mol. The number of aromatic nitrogens is 1. The van der Waals surface area contributed by atoms with Gasteiger partial charge in [-0.15, -0.1) is 0 Å². The molecule has 8 heteroatoms. The molecule has 2 rings (SSSR count). The van der Waals surface area contributed by atoms with Crippen molar-refractivity contribution in [3.63, 3.8) is 0 Å². The largest absolute Gasteiger partial charge is 0.477 e. The SMILES string of the molecule is CCCn1cc(S(=O)(=O)N2CCCCO2)cc1C(=O)O. The molecular formula is C12H18N2O5S. The summed E-state index contributed by atoms with van der Waals surface area (Å²) in [4.78, 5) is 16.3. The molecule has 2 heterocycles. The van der Waals surface area contributed by atoms with Gasteiger partial charge in [-0.3, -0.25) is 4.84 Å². The quantitative estimate of drug-likeness (QED) is 0.886. The van der Waals surface area contributed by atoms with E-state index >= 15 is 0 Å². The van der Waals surface area contributed by atoms with Gasteiger partial charge >= 0.3 is 5.97 Å². The van der Waals surface area contributed by atoms with Crippen LogP contribution < -0.4 is 0 Å². The first-order chi connectivity index (χ1) is 9.46. The fraction of sp³-hybridized carbons (Fsp3) is 0.583. The van der Waals surface area contributed by atoms with Gasteiger partial charge in [0, 0.05) is 19.3 Å². The van der Waals surface area contributed by atoms with Crippen molar-refractivity contribution in [1.29, 1.82) is 0 Å². The number of rotatable bonds is 5. The summed E-state index contributed by atoms with van der Waals surface area (Å²) in [6.07, 6.45) is 3.64. The molecule has 1 aliphatic rings. The molecule has 1 aromatic heterocycles. The molecule has 0 radical (unpaired) electrons. The first-order valence-corrected chi connectivity index (χ1v) is 8.00.